The van der Waals surface area contributed by atoms with Crippen molar-refractivity contribution in [3.63, 3.8) is 0 Å². The summed E-state index contributed by atoms with van der Waals surface area (Å²) in [6, 6.07) is 24.9. The van der Waals surface area contributed by atoms with Crippen molar-refractivity contribution in [1.29, 1.82) is 0 Å². The first kappa shape index (κ1) is 20.3. The van der Waals surface area contributed by atoms with E-state index in [1.165, 1.54) is 16.7 Å². The predicted octanol–water partition coefficient (Wildman–Crippen LogP) is 5.89. The summed E-state index contributed by atoms with van der Waals surface area (Å²) in [5.41, 5.74) is 6.60. The lowest BCUT2D eigenvalue weighted by Crippen LogP contribution is -2.24. The minimum atomic E-state index is 0.0702. The van der Waals surface area contributed by atoms with Gasteiger partial charge in [0, 0.05) is 31.1 Å². The summed E-state index contributed by atoms with van der Waals surface area (Å²) in [6.07, 6.45) is 4.80. The van der Waals surface area contributed by atoms with Crippen LogP contribution >= 0.6 is 0 Å². The second-order valence-corrected chi connectivity index (χ2v) is 8.63. The molecule has 1 aromatic heterocycles. The van der Waals surface area contributed by atoms with E-state index in [1.807, 2.05) is 35.2 Å². The topological polar surface area (TPSA) is 38.1 Å². The van der Waals surface area contributed by atoms with E-state index in [0.717, 1.165) is 29.1 Å². The number of carbonyl (C=O) groups excluding carboxylic acids is 1. The molecule has 0 saturated carbocycles. The molecule has 5 rings (SSSR count). The Kier molecular flexibility index (Phi) is 5.36. The first-order valence-electron chi connectivity index (χ1n) is 11.1. The molecular weight excluding hydrogens is 394 g/mol. The largest absolute Gasteiger partial charge is 0.324 e. The number of carbonyl (C=O) groups is 1. The van der Waals surface area contributed by atoms with Crippen LogP contribution in [0.1, 0.15) is 34.9 Å². The second kappa shape index (κ2) is 8.46. The fourth-order valence-corrected chi connectivity index (χ4v) is 4.69. The Balaban J connectivity index is 1.47. The van der Waals surface area contributed by atoms with Gasteiger partial charge in [0.05, 0.1) is 11.0 Å². The molecule has 1 atom stereocenters. The van der Waals surface area contributed by atoms with Crippen LogP contribution in [0.3, 0.4) is 0 Å². The Morgan fingerprint density at radius 1 is 0.969 bits per heavy atom. The van der Waals surface area contributed by atoms with Gasteiger partial charge in [0.2, 0.25) is 5.91 Å². The molecule has 0 spiro atoms. The molecular formula is C28H27N3O. The number of anilines is 1. The van der Waals surface area contributed by atoms with Crippen molar-refractivity contribution in [2.24, 2.45) is 0 Å². The van der Waals surface area contributed by atoms with Crippen LogP contribution in [0, 0.1) is 13.8 Å². The molecule has 2 heterocycles. The summed E-state index contributed by atoms with van der Waals surface area (Å²) in [7, 11) is 0. The normalized spacial score (nSPS) is 16.5. The van der Waals surface area contributed by atoms with Gasteiger partial charge >= 0.3 is 0 Å². The van der Waals surface area contributed by atoms with E-state index in [1.54, 1.807) is 0 Å². The lowest BCUT2D eigenvalue weighted by molar-refractivity contribution is -0.117. The molecule has 1 aliphatic heterocycles. The van der Waals surface area contributed by atoms with E-state index < -0.39 is 0 Å². The maximum atomic E-state index is 13.0. The second-order valence-electron chi connectivity index (χ2n) is 8.63. The Labute approximate surface area is 188 Å². The molecule has 4 aromatic rings. The third kappa shape index (κ3) is 3.96. The number of allylic oxidation sites excluding steroid dienone is 1. The van der Waals surface area contributed by atoms with Crippen molar-refractivity contribution in [2.45, 2.75) is 32.7 Å². The zero-order valence-electron chi connectivity index (χ0n) is 18.5. The smallest absolute Gasteiger partial charge is 0.227 e. The van der Waals surface area contributed by atoms with Gasteiger partial charge in [-0.2, -0.15) is 0 Å². The number of fused-ring (bicyclic) bond motifs is 1. The molecule has 1 amide bonds. The van der Waals surface area contributed by atoms with Crippen LogP contribution in [0.15, 0.2) is 78.9 Å². The number of rotatable bonds is 5. The molecule has 32 heavy (non-hydrogen) atoms. The van der Waals surface area contributed by atoms with Crippen molar-refractivity contribution in [3.8, 4) is 0 Å². The first-order chi connectivity index (χ1) is 15.6. The molecule has 1 aliphatic rings. The lowest BCUT2D eigenvalue weighted by atomic mass is 10.1. The fourth-order valence-electron chi connectivity index (χ4n) is 4.69. The first-order valence-corrected chi connectivity index (χ1v) is 11.1. The van der Waals surface area contributed by atoms with E-state index in [9.17, 15) is 4.79 Å². The number of para-hydroxylation sites is 2. The molecule has 0 radical (unpaired) electrons. The van der Waals surface area contributed by atoms with Gasteiger partial charge < -0.3 is 9.47 Å². The molecule has 3 aromatic carbocycles. The molecule has 0 unspecified atom stereocenters. The number of aromatic nitrogens is 2. The Hall–Kier alpha value is -3.66. The van der Waals surface area contributed by atoms with Gasteiger partial charge in [-0.25, -0.2) is 4.98 Å². The number of hydrogen-bond acceptors (Lipinski definition) is 2. The van der Waals surface area contributed by atoms with Crippen molar-refractivity contribution in [3.05, 3.63) is 101 Å². The van der Waals surface area contributed by atoms with Crippen molar-refractivity contribution in [2.75, 3.05) is 11.4 Å². The molecule has 4 heteroatoms. The van der Waals surface area contributed by atoms with E-state index in [-0.39, 0.29) is 11.8 Å². The van der Waals surface area contributed by atoms with Crippen LogP contribution in [0.2, 0.25) is 0 Å². The highest BCUT2D eigenvalue weighted by atomic mass is 16.2. The maximum Gasteiger partial charge on any atom is 0.227 e. The summed E-state index contributed by atoms with van der Waals surface area (Å²) in [4.78, 5) is 19.9. The fraction of sp³-hybridized carbons (Fsp3) is 0.214. The average Bonchev–Trinajstić information content (AvgIpc) is 3.34. The maximum absolute atomic E-state index is 13.0. The molecule has 0 N–H and O–H groups in total. The highest BCUT2D eigenvalue weighted by Gasteiger charge is 2.34. The molecule has 1 saturated heterocycles. The van der Waals surface area contributed by atoms with E-state index >= 15 is 0 Å². The highest BCUT2D eigenvalue weighted by molar-refractivity contribution is 5.96. The third-order valence-electron chi connectivity index (χ3n) is 6.09. The van der Waals surface area contributed by atoms with Gasteiger partial charge in [0.1, 0.15) is 5.82 Å². The highest BCUT2D eigenvalue weighted by Crippen LogP contribution is 2.34. The number of imidazole rings is 1. The molecule has 0 bridgehead atoms. The van der Waals surface area contributed by atoms with Gasteiger partial charge in [-0.05, 0) is 54.8 Å². The van der Waals surface area contributed by atoms with Gasteiger partial charge in [-0.1, -0.05) is 60.7 Å². The molecule has 4 nitrogen and oxygen atoms in total. The molecule has 0 aliphatic carbocycles. The van der Waals surface area contributed by atoms with E-state index in [0.29, 0.717) is 13.0 Å². The van der Waals surface area contributed by atoms with E-state index in [4.69, 9.17) is 4.98 Å². The van der Waals surface area contributed by atoms with Crippen molar-refractivity contribution in [1.82, 2.24) is 9.55 Å². The summed E-state index contributed by atoms with van der Waals surface area (Å²) in [5.74, 6) is 1.23. The summed E-state index contributed by atoms with van der Waals surface area (Å²) in [6.45, 7) is 5.53. The zero-order chi connectivity index (χ0) is 22.1. The Bertz CT molecular complexity index is 1280. The standard InChI is InChI=1S/C28H27N3O/c1-20-15-21(2)17-24(16-20)31-19-23(18-27(31)32)28-29-25-12-6-7-13-26(25)30(28)14-8-11-22-9-4-3-5-10-22/h3-13,15-17,23H,14,18-19H2,1-2H3/b11-8-/t23-/m1/s1. The van der Waals surface area contributed by atoms with Gasteiger partial charge in [0.25, 0.3) is 0 Å². The lowest BCUT2D eigenvalue weighted by Gasteiger charge is -2.18. The minimum absolute atomic E-state index is 0.0702. The SMILES string of the molecule is Cc1cc(C)cc(N2C[C@H](c3nc4ccccc4n3C/C=C\c3ccccc3)CC2=O)c1. The molecule has 1 fully saturated rings. The summed E-state index contributed by atoms with van der Waals surface area (Å²) < 4.78 is 2.26. The van der Waals surface area contributed by atoms with Crippen LogP contribution in [0.5, 0.6) is 0 Å². The quantitative estimate of drug-likeness (QED) is 0.403. The van der Waals surface area contributed by atoms with Crippen LogP contribution in [0.4, 0.5) is 5.69 Å². The van der Waals surface area contributed by atoms with Gasteiger partial charge in [-0.3, -0.25) is 4.79 Å². The number of aryl methyl sites for hydroxylation is 2. The number of nitrogens with zero attached hydrogens (tertiary/aromatic N) is 3. The number of amides is 1. The van der Waals surface area contributed by atoms with Crippen LogP contribution in [-0.4, -0.2) is 22.0 Å². The van der Waals surface area contributed by atoms with E-state index in [2.05, 4.69) is 73.0 Å². The predicted molar refractivity (Wildman–Crippen MR) is 131 cm³/mol. The van der Waals surface area contributed by atoms with Gasteiger partial charge in [0.15, 0.2) is 0 Å². The number of benzene rings is 3. The minimum Gasteiger partial charge on any atom is -0.324 e. The Morgan fingerprint density at radius 3 is 2.47 bits per heavy atom. The third-order valence-corrected chi connectivity index (χ3v) is 6.09. The van der Waals surface area contributed by atoms with Gasteiger partial charge in [-0.15, -0.1) is 0 Å². The zero-order valence-corrected chi connectivity index (χ0v) is 18.5. The monoisotopic (exact) mass is 421 g/mol. The van der Waals surface area contributed by atoms with Crippen molar-refractivity contribution >= 4 is 28.7 Å². The van der Waals surface area contributed by atoms with Crippen LogP contribution in [0.25, 0.3) is 17.1 Å². The Morgan fingerprint density at radius 2 is 1.69 bits per heavy atom. The van der Waals surface area contributed by atoms with Crippen molar-refractivity contribution < 1.29 is 4.79 Å². The summed E-state index contributed by atoms with van der Waals surface area (Å²) in [5, 5.41) is 0. The summed E-state index contributed by atoms with van der Waals surface area (Å²) >= 11 is 0. The average molecular weight is 422 g/mol. The van der Waals surface area contributed by atoms with Crippen LogP contribution in [-0.2, 0) is 11.3 Å². The molecule has 160 valence electrons. The number of hydrogen-bond donors (Lipinski definition) is 0. The van der Waals surface area contributed by atoms with Crippen LogP contribution < -0.4 is 4.90 Å².